The Kier molecular flexibility index (Phi) is 3.79. The molecule has 3 aliphatic rings. The number of hydrogen-bond acceptors (Lipinski definition) is 3. The van der Waals surface area contributed by atoms with Crippen molar-refractivity contribution in [3.8, 4) is 0 Å². The number of nitrogens with one attached hydrogen (secondary N) is 1. The molecule has 5 nitrogen and oxygen atoms in total. The molecule has 1 aromatic heterocycles. The van der Waals surface area contributed by atoms with E-state index in [1.165, 1.54) is 12.8 Å². The first-order valence-electron chi connectivity index (χ1n) is 8.77. The van der Waals surface area contributed by atoms with Crippen molar-refractivity contribution in [2.75, 3.05) is 18.4 Å². The second-order valence-electron chi connectivity index (χ2n) is 7.16. The van der Waals surface area contributed by atoms with Crippen LogP contribution < -0.4 is 5.32 Å². The van der Waals surface area contributed by atoms with Crippen molar-refractivity contribution in [2.24, 2.45) is 17.8 Å². The summed E-state index contributed by atoms with van der Waals surface area (Å²) in [5.41, 5.74) is 0.621. The van der Waals surface area contributed by atoms with Gasteiger partial charge in [-0.25, -0.2) is 4.98 Å². The minimum absolute atomic E-state index is 0.0207. The van der Waals surface area contributed by atoms with E-state index in [4.69, 9.17) is 0 Å². The lowest BCUT2D eigenvalue weighted by Crippen LogP contribution is -2.39. The van der Waals surface area contributed by atoms with Gasteiger partial charge in [0.05, 0.1) is 0 Å². The maximum Gasteiger partial charge on any atom is 0.254 e. The van der Waals surface area contributed by atoms with Crippen LogP contribution in [0.25, 0.3) is 0 Å². The van der Waals surface area contributed by atoms with Gasteiger partial charge in [-0.15, -0.1) is 0 Å². The van der Waals surface area contributed by atoms with Crippen molar-refractivity contribution < 1.29 is 9.59 Å². The molecule has 0 aromatic carbocycles. The standard InChI is InChI=1S/C18H23N3O2/c22-17(14-3-4-14)20-16-11-15(5-8-19-16)18(23)21-9-6-13(7-10-21)12-1-2-12/h5,8,11-14H,1-4,6-7,9-10H2,(H,19,20,22). The zero-order chi connectivity index (χ0) is 15.8. The van der Waals surface area contributed by atoms with Crippen LogP contribution in [-0.2, 0) is 4.79 Å². The largest absolute Gasteiger partial charge is 0.339 e. The van der Waals surface area contributed by atoms with E-state index in [1.807, 2.05) is 4.90 Å². The van der Waals surface area contributed by atoms with E-state index < -0.39 is 0 Å². The van der Waals surface area contributed by atoms with E-state index in [9.17, 15) is 9.59 Å². The monoisotopic (exact) mass is 313 g/mol. The number of amides is 2. The zero-order valence-electron chi connectivity index (χ0n) is 13.3. The Morgan fingerprint density at radius 2 is 1.74 bits per heavy atom. The number of likely N-dealkylation sites (tertiary alicyclic amines) is 1. The maximum absolute atomic E-state index is 12.7. The van der Waals surface area contributed by atoms with Crippen LogP contribution in [0.15, 0.2) is 18.3 Å². The molecule has 0 radical (unpaired) electrons. The number of aromatic nitrogens is 1. The lowest BCUT2D eigenvalue weighted by Gasteiger charge is -2.32. The fourth-order valence-electron chi connectivity index (χ4n) is 3.53. The molecule has 3 fully saturated rings. The molecule has 1 saturated heterocycles. The highest BCUT2D eigenvalue weighted by atomic mass is 16.2. The van der Waals surface area contributed by atoms with Gasteiger partial charge in [-0.1, -0.05) is 0 Å². The molecule has 0 spiro atoms. The Bertz CT molecular complexity index is 614. The number of nitrogens with zero attached hydrogens (tertiary/aromatic N) is 2. The summed E-state index contributed by atoms with van der Waals surface area (Å²) in [4.78, 5) is 30.6. The lowest BCUT2D eigenvalue weighted by molar-refractivity contribution is -0.117. The molecule has 2 heterocycles. The van der Waals surface area contributed by atoms with Gasteiger partial charge in [0.2, 0.25) is 5.91 Å². The molecule has 4 rings (SSSR count). The minimum atomic E-state index is 0.0207. The molecular formula is C18H23N3O2. The summed E-state index contributed by atoms with van der Waals surface area (Å²) in [6.07, 6.45) is 8.55. The molecule has 2 aliphatic carbocycles. The number of rotatable bonds is 4. The van der Waals surface area contributed by atoms with Gasteiger partial charge < -0.3 is 10.2 Å². The molecule has 5 heteroatoms. The Morgan fingerprint density at radius 3 is 2.39 bits per heavy atom. The molecule has 122 valence electrons. The van der Waals surface area contributed by atoms with E-state index in [2.05, 4.69) is 10.3 Å². The predicted molar refractivity (Wildman–Crippen MR) is 86.9 cm³/mol. The number of hydrogen-bond donors (Lipinski definition) is 1. The second-order valence-corrected chi connectivity index (χ2v) is 7.16. The summed E-state index contributed by atoms with van der Waals surface area (Å²) in [7, 11) is 0. The number of anilines is 1. The summed E-state index contributed by atoms with van der Waals surface area (Å²) < 4.78 is 0. The molecule has 1 aliphatic heterocycles. The van der Waals surface area contributed by atoms with Gasteiger partial charge in [0.1, 0.15) is 5.82 Å². The third-order valence-corrected chi connectivity index (χ3v) is 5.32. The van der Waals surface area contributed by atoms with Crippen molar-refractivity contribution in [1.29, 1.82) is 0 Å². The van der Waals surface area contributed by atoms with Gasteiger partial charge in [0.25, 0.3) is 5.91 Å². The number of carbonyl (C=O) groups excluding carboxylic acids is 2. The Balaban J connectivity index is 1.38. The van der Waals surface area contributed by atoms with Gasteiger partial charge >= 0.3 is 0 Å². The molecule has 0 bridgehead atoms. The fourth-order valence-corrected chi connectivity index (χ4v) is 3.53. The topological polar surface area (TPSA) is 62.3 Å². The number of carbonyl (C=O) groups is 2. The van der Waals surface area contributed by atoms with Crippen LogP contribution in [-0.4, -0.2) is 34.8 Å². The van der Waals surface area contributed by atoms with Crippen LogP contribution in [0.2, 0.25) is 0 Å². The maximum atomic E-state index is 12.7. The normalized spacial score (nSPS) is 22.0. The van der Waals surface area contributed by atoms with Crippen LogP contribution in [0.3, 0.4) is 0 Å². The smallest absolute Gasteiger partial charge is 0.254 e. The predicted octanol–water partition coefficient (Wildman–Crippen LogP) is 2.69. The van der Waals surface area contributed by atoms with Crippen molar-refractivity contribution >= 4 is 17.6 Å². The Morgan fingerprint density at radius 1 is 1.04 bits per heavy atom. The van der Waals surface area contributed by atoms with Crippen LogP contribution in [0.4, 0.5) is 5.82 Å². The summed E-state index contributed by atoms with van der Waals surface area (Å²) in [6.45, 7) is 1.71. The first-order valence-corrected chi connectivity index (χ1v) is 8.77. The highest BCUT2D eigenvalue weighted by Crippen LogP contribution is 2.41. The van der Waals surface area contributed by atoms with E-state index in [1.54, 1.807) is 18.3 Å². The molecular weight excluding hydrogens is 290 g/mol. The second kappa shape index (κ2) is 5.95. The summed E-state index contributed by atoms with van der Waals surface area (Å²) in [5.74, 6) is 2.46. The number of pyridine rings is 1. The number of piperidine rings is 1. The van der Waals surface area contributed by atoms with Gasteiger partial charge in [0, 0.05) is 30.8 Å². The third-order valence-electron chi connectivity index (χ3n) is 5.32. The van der Waals surface area contributed by atoms with Gasteiger partial charge in [-0.2, -0.15) is 0 Å². The van der Waals surface area contributed by atoms with Crippen LogP contribution in [0.5, 0.6) is 0 Å². The Hall–Kier alpha value is -1.91. The van der Waals surface area contributed by atoms with Crippen LogP contribution in [0, 0.1) is 17.8 Å². The van der Waals surface area contributed by atoms with Crippen molar-refractivity contribution in [1.82, 2.24) is 9.88 Å². The van der Waals surface area contributed by atoms with Gasteiger partial charge in [-0.05, 0) is 62.5 Å². The molecule has 2 saturated carbocycles. The molecule has 0 atom stereocenters. The average molecular weight is 313 g/mol. The van der Waals surface area contributed by atoms with Crippen LogP contribution >= 0.6 is 0 Å². The zero-order valence-corrected chi connectivity index (χ0v) is 13.3. The molecule has 2 amide bonds. The Labute approximate surface area is 136 Å². The quantitative estimate of drug-likeness (QED) is 0.929. The van der Waals surface area contributed by atoms with Gasteiger partial charge in [-0.3, -0.25) is 9.59 Å². The van der Waals surface area contributed by atoms with E-state index in [0.29, 0.717) is 11.4 Å². The van der Waals surface area contributed by atoms with Crippen molar-refractivity contribution in [3.63, 3.8) is 0 Å². The molecule has 1 aromatic rings. The summed E-state index contributed by atoms with van der Waals surface area (Å²) in [6, 6.07) is 3.44. The molecule has 1 N–H and O–H groups in total. The van der Waals surface area contributed by atoms with Gasteiger partial charge in [0.15, 0.2) is 0 Å². The third kappa shape index (κ3) is 3.38. The van der Waals surface area contributed by atoms with Crippen molar-refractivity contribution in [3.05, 3.63) is 23.9 Å². The van der Waals surface area contributed by atoms with E-state index in [0.717, 1.165) is 50.6 Å². The summed E-state index contributed by atoms with van der Waals surface area (Å²) in [5, 5.41) is 2.81. The average Bonchev–Trinajstić information content (AvgIpc) is 3.47. The lowest BCUT2D eigenvalue weighted by atomic mass is 9.92. The van der Waals surface area contributed by atoms with E-state index in [-0.39, 0.29) is 17.7 Å². The SMILES string of the molecule is O=C(Nc1cc(C(=O)N2CCC(C3CC3)CC2)ccn1)C1CC1. The minimum Gasteiger partial charge on any atom is -0.339 e. The van der Waals surface area contributed by atoms with Crippen molar-refractivity contribution in [2.45, 2.75) is 38.5 Å². The van der Waals surface area contributed by atoms with E-state index >= 15 is 0 Å². The first kappa shape index (κ1) is 14.7. The highest BCUT2D eigenvalue weighted by molar-refractivity contribution is 5.97. The highest BCUT2D eigenvalue weighted by Gasteiger charge is 2.34. The first-order chi connectivity index (χ1) is 11.2. The molecule has 23 heavy (non-hydrogen) atoms. The summed E-state index contributed by atoms with van der Waals surface area (Å²) >= 11 is 0. The molecule has 0 unspecified atom stereocenters. The van der Waals surface area contributed by atoms with Crippen LogP contribution in [0.1, 0.15) is 48.9 Å². The fraction of sp³-hybridized carbons (Fsp3) is 0.611.